The Hall–Kier alpha value is -1.56. The Bertz CT molecular complexity index is 270. The fraction of sp³-hybridized carbons (Fsp3) is 0.333. The molecule has 0 unspecified atom stereocenters. The average molecular weight is 170 g/mol. The van der Waals surface area contributed by atoms with Crippen molar-refractivity contribution in [3.05, 3.63) is 11.8 Å². The van der Waals surface area contributed by atoms with Crippen LogP contribution in [0, 0.1) is 0 Å². The van der Waals surface area contributed by atoms with Gasteiger partial charge in [-0.2, -0.15) is 0 Å². The van der Waals surface area contributed by atoms with Crippen molar-refractivity contribution in [2.24, 2.45) is 5.73 Å². The number of carbonyl (C=O) groups excluding carboxylic acids is 1. The Balaban J connectivity index is 2.53. The Kier molecular flexibility index (Phi) is 2.65. The van der Waals surface area contributed by atoms with Crippen molar-refractivity contribution < 1.29 is 9.32 Å². The second-order valence-corrected chi connectivity index (χ2v) is 2.16. The van der Waals surface area contributed by atoms with E-state index in [1.54, 1.807) is 0 Å². The summed E-state index contributed by atoms with van der Waals surface area (Å²) in [5.41, 5.74) is 10.6. The van der Waals surface area contributed by atoms with Gasteiger partial charge in [0, 0.05) is 19.2 Å². The van der Waals surface area contributed by atoms with Crippen LogP contribution in [0.5, 0.6) is 0 Å². The van der Waals surface area contributed by atoms with Gasteiger partial charge in [-0.05, 0) is 0 Å². The van der Waals surface area contributed by atoms with Gasteiger partial charge in [-0.15, -0.1) is 0 Å². The van der Waals surface area contributed by atoms with E-state index < -0.39 is 0 Å². The second-order valence-electron chi connectivity index (χ2n) is 2.16. The maximum Gasteiger partial charge on any atom is 0.273 e. The summed E-state index contributed by atoms with van der Waals surface area (Å²) in [6.07, 6.45) is 0. The predicted molar refractivity (Wildman–Crippen MR) is 42.3 cm³/mol. The Labute approximate surface area is 68.9 Å². The first-order valence-electron chi connectivity index (χ1n) is 3.44. The molecule has 66 valence electrons. The molecule has 0 aliphatic carbocycles. The Morgan fingerprint density at radius 1 is 1.75 bits per heavy atom. The number of aromatic nitrogens is 1. The summed E-state index contributed by atoms with van der Waals surface area (Å²) in [4.78, 5) is 11.1. The summed E-state index contributed by atoms with van der Waals surface area (Å²) in [5, 5.41) is 5.94. The number of hydrogen-bond donors (Lipinski definition) is 3. The lowest BCUT2D eigenvalue weighted by molar-refractivity contribution is 0.0946. The van der Waals surface area contributed by atoms with E-state index in [2.05, 4.69) is 15.0 Å². The highest BCUT2D eigenvalue weighted by Gasteiger charge is 2.09. The van der Waals surface area contributed by atoms with Gasteiger partial charge in [0.25, 0.3) is 5.91 Å². The SMILES string of the molecule is NCCNC(=O)c1cc(N)on1. The zero-order valence-electron chi connectivity index (χ0n) is 6.41. The van der Waals surface area contributed by atoms with Crippen molar-refractivity contribution in [1.29, 1.82) is 0 Å². The number of nitrogens with zero attached hydrogens (tertiary/aromatic N) is 1. The van der Waals surface area contributed by atoms with Gasteiger partial charge < -0.3 is 21.3 Å². The van der Waals surface area contributed by atoms with Crippen molar-refractivity contribution in [2.45, 2.75) is 0 Å². The van der Waals surface area contributed by atoms with Gasteiger partial charge in [-0.25, -0.2) is 0 Å². The average Bonchev–Trinajstić information content (AvgIpc) is 2.47. The van der Waals surface area contributed by atoms with Crippen LogP contribution in [0.1, 0.15) is 10.5 Å². The minimum atomic E-state index is -0.332. The smallest absolute Gasteiger partial charge is 0.273 e. The first-order valence-corrected chi connectivity index (χ1v) is 3.44. The summed E-state index contributed by atoms with van der Waals surface area (Å²) in [5.74, 6) is -0.214. The molecule has 6 heteroatoms. The van der Waals surface area contributed by atoms with Crippen LogP contribution in [-0.4, -0.2) is 24.2 Å². The van der Waals surface area contributed by atoms with Gasteiger partial charge >= 0.3 is 0 Å². The summed E-state index contributed by atoms with van der Waals surface area (Å²) in [6, 6.07) is 1.35. The van der Waals surface area contributed by atoms with Crippen molar-refractivity contribution in [1.82, 2.24) is 10.5 Å². The van der Waals surface area contributed by atoms with Crippen LogP contribution in [0.25, 0.3) is 0 Å². The number of nitrogens with one attached hydrogen (secondary N) is 1. The van der Waals surface area contributed by atoms with E-state index in [1.165, 1.54) is 6.07 Å². The lowest BCUT2D eigenvalue weighted by Gasteiger charge is -1.97. The quantitative estimate of drug-likeness (QED) is 0.536. The van der Waals surface area contributed by atoms with E-state index in [9.17, 15) is 4.79 Å². The monoisotopic (exact) mass is 170 g/mol. The highest BCUT2D eigenvalue weighted by molar-refractivity contribution is 5.92. The second kappa shape index (κ2) is 3.72. The molecule has 5 N–H and O–H groups in total. The molecule has 0 aliphatic rings. The van der Waals surface area contributed by atoms with Crippen molar-refractivity contribution in [2.75, 3.05) is 18.8 Å². The molecule has 1 heterocycles. The number of nitrogens with two attached hydrogens (primary N) is 2. The minimum absolute atomic E-state index is 0.118. The molecule has 0 bridgehead atoms. The van der Waals surface area contributed by atoms with Crippen LogP contribution >= 0.6 is 0 Å². The first-order chi connectivity index (χ1) is 5.74. The molecule has 6 nitrogen and oxygen atoms in total. The van der Waals surface area contributed by atoms with Gasteiger partial charge in [0.05, 0.1) is 0 Å². The maximum absolute atomic E-state index is 11.1. The molecule has 0 spiro atoms. The molecule has 1 aromatic heterocycles. The number of amides is 1. The molecule has 0 saturated heterocycles. The molecular weight excluding hydrogens is 160 g/mol. The fourth-order valence-corrected chi connectivity index (χ4v) is 0.673. The van der Waals surface area contributed by atoms with E-state index in [4.69, 9.17) is 11.5 Å². The summed E-state index contributed by atoms with van der Waals surface area (Å²) in [6.45, 7) is 0.796. The van der Waals surface area contributed by atoms with Gasteiger partial charge in [0.15, 0.2) is 5.69 Å². The van der Waals surface area contributed by atoms with Crippen LogP contribution in [0.2, 0.25) is 0 Å². The molecule has 1 aromatic rings. The molecule has 12 heavy (non-hydrogen) atoms. The highest BCUT2D eigenvalue weighted by Crippen LogP contribution is 2.03. The Morgan fingerprint density at radius 3 is 3.00 bits per heavy atom. The third-order valence-corrected chi connectivity index (χ3v) is 1.19. The summed E-state index contributed by atoms with van der Waals surface area (Å²) < 4.78 is 4.50. The molecule has 0 radical (unpaired) electrons. The largest absolute Gasteiger partial charge is 0.368 e. The van der Waals surface area contributed by atoms with E-state index in [0.717, 1.165) is 0 Å². The molecular formula is C6H10N4O2. The van der Waals surface area contributed by atoms with Gasteiger partial charge in [0.2, 0.25) is 5.88 Å². The lowest BCUT2D eigenvalue weighted by atomic mass is 10.4. The number of anilines is 1. The minimum Gasteiger partial charge on any atom is -0.368 e. The zero-order chi connectivity index (χ0) is 8.97. The molecule has 0 aromatic carbocycles. The van der Waals surface area contributed by atoms with Crippen LogP contribution < -0.4 is 16.8 Å². The van der Waals surface area contributed by atoms with Gasteiger partial charge in [0.1, 0.15) is 0 Å². The van der Waals surface area contributed by atoms with Crippen molar-refractivity contribution in [3.63, 3.8) is 0 Å². The van der Waals surface area contributed by atoms with E-state index >= 15 is 0 Å². The van der Waals surface area contributed by atoms with Crippen LogP contribution in [-0.2, 0) is 0 Å². The summed E-state index contributed by atoms with van der Waals surface area (Å²) in [7, 11) is 0. The molecule has 0 fully saturated rings. The van der Waals surface area contributed by atoms with E-state index in [-0.39, 0.29) is 17.5 Å². The highest BCUT2D eigenvalue weighted by atomic mass is 16.5. The number of rotatable bonds is 3. The first kappa shape index (κ1) is 8.54. The fourth-order valence-electron chi connectivity index (χ4n) is 0.673. The van der Waals surface area contributed by atoms with Gasteiger partial charge in [-0.3, -0.25) is 4.79 Å². The predicted octanol–water partition coefficient (Wildman–Crippen LogP) is -1.05. The lowest BCUT2D eigenvalue weighted by Crippen LogP contribution is -2.29. The van der Waals surface area contributed by atoms with Crippen molar-refractivity contribution >= 4 is 11.8 Å². The molecule has 0 saturated carbocycles. The van der Waals surface area contributed by atoms with Crippen LogP contribution in [0.15, 0.2) is 10.6 Å². The molecule has 1 amide bonds. The van der Waals surface area contributed by atoms with Crippen LogP contribution in [0.4, 0.5) is 5.88 Å². The third kappa shape index (κ3) is 1.96. The number of carbonyl (C=O) groups is 1. The van der Waals surface area contributed by atoms with Gasteiger partial charge in [-0.1, -0.05) is 5.16 Å². The third-order valence-electron chi connectivity index (χ3n) is 1.19. The molecule has 0 aliphatic heterocycles. The standard InChI is InChI=1S/C6H10N4O2/c7-1-2-9-6(11)4-3-5(8)12-10-4/h3H,1-2,7-8H2,(H,9,11). The summed E-state index contributed by atoms with van der Waals surface area (Å²) >= 11 is 0. The Morgan fingerprint density at radius 2 is 2.50 bits per heavy atom. The maximum atomic E-state index is 11.1. The number of hydrogen-bond acceptors (Lipinski definition) is 5. The van der Waals surface area contributed by atoms with E-state index in [1.807, 2.05) is 0 Å². The van der Waals surface area contributed by atoms with E-state index in [0.29, 0.717) is 13.1 Å². The topological polar surface area (TPSA) is 107 Å². The van der Waals surface area contributed by atoms with Crippen LogP contribution in [0.3, 0.4) is 0 Å². The zero-order valence-corrected chi connectivity index (χ0v) is 6.41. The molecule has 0 atom stereocenters. The molecule has 1 rings (SSSR count). The van der Waals surface area contributed by atoms with Crippen molar-refractivity contribution in [3.8, 4) is 0 Å². The number of nitrogen functional groups attached to an aromatic ring is 1. The normalized spacial score (nSPS) is 9.75.